The molecule has 1 N–H and O–H groups in total. The maximum Gasteiger partial charge on any atom is 0.157 e. The second-order valence-electron chi connectivity index (χ2n) is 3.59. The molecule has 0 heterocycles. The first-order chi connectivity index (χ1) is 6.97. The molecule has 0 aliphatic carbocycles. The second kappa shape index (κ2) is 4.77. The van der Waals surface area contributed by atoms with Gasteiger partial charge >= 0.3 is 0 Å². The van der Waals surface area contributed by atoms with Gasteiger partial charge in [0.1, 0.15) is 5.75 Å². The van der Waals surface area contributed by atoms with Crippen molar-refractivity contribution < 1.29 is 13.5 Å². The fourth-order valence-electron chi connectivity index (χ4n) is 1.66. The van der Waals surface area contributed by atoms with E-state index < -0.39 is 11.1 Å². The van der Waals surface area contributed by atoms with Gasteiger partial charge < -0.3 is 9.29 Å². The lowest BCUT2D eigenvalue weighted by molar-refractivity contribution is 0.410. The summed E-state index contributed by atoms with van der Waals surface area (Å²) in [5.74, 6) is 1.01. The zero-order valence-electron chi connectivity index (χ0n) is 9.46. The Morgan fingerprint density at radius 2 is 1.93 bits per heavy atom. The van der Waals surface area contributed by atoms with Gasteiger partial charge in [-0.3, -0.25) is 0 Å². The van der Waals surface area contributed by atoms with E-state index in [4.69, 9.17) is 9.29 Å². The fraction of sp³-hybridized carbons (Fsp3) is 0.455. The SMILES string of the molecule is COc1cc(C)c(CS(=O)O)c(C)c1C. The van der Waals surface area contributed by atoms with Crippen molar-refractivity contribution >= 4 is 11.1 Å². The Kier molecular flexibility index (Phi) is 3.88. The quantitative estimate of drug-likeness (QED) is 0.808. The van der Waals surface area contributed by atoms with Gasteiger partial charge in [-0.25, -0.2) is 4.21 Å². The molecule has 0 fully saturated rings. The normalized spacial score (nSPS) is 12.6. The van der Waals surface area contributed by atoms with E-state index in [0.29, 0.717) is 0 Å². The summed E-state index contributed by atoms with van der Waals surface area (Å²) in [6, 6.07) is 1.91. The number of aryl methyl sites for hydroxylation is 1. The van der Waals surface area contributed by atoms with E-state index in [1.807, 2.05) is 26.8 Å². The van der Waals surface area contributed by atoms with E-state index in [0.717, 1.165) is 28.0 Å². The van der Waals surface area contributed by atoms with Crippen LogP contribution in [0.3, 0.4) is 0 Å². The standard InChI is InChI=1S/C11H16O3S/c1-7-5-11(14-4)9(3)8(2)10(7)6-15(12)13/h5H,6H2,1-4H3,(H,12,13). The van der Waals surface area contributed by atoms with Crippen molar-refractivity contribution in [3.63, 3.8) is 0 Å². The smallest absolute Gasteiger partial charge is 0.157 e. The third kappa shape index (κ3) is 2.58. The van der Waals surface area contributed by atoms with Gasteiger partial charge in [0.15, 0.2) is 11.1 Å². The lowest BCUT2D eigenvalue weighted by Crippen LogP contribution is -2.02. The molecular formula is C11H16O3S. The summed E-state index contributed by atoms with van der Waals surface area (Å²) in [5.41, 5.74) is 4.00. The Morgan fingerprint density at radius 1 is 1.33 bits per heavy atom. The minimum absolute atomic E-state index is 0.183. The van der Waals surface area contributed by atoms with Gasteiger partial charge in [-0.15, -0.1) is 0 Å². The Labute approximate surface area is 92.7 Å². The molecule has 1 aromatic carbocycles. The van der Waals surface area contributed by atoms with E-state index >= 15 is 0 Å². The molecule has 0 amide bonds. The average Bonchev–Trinajstić information content (AvgIpc) is 2.18. The third-order valence-electron chi connectivity index (χ3n) is 2.70. The molecule has 3 nitrogen and oxygen atoms in total. The molecule has 0 spiro atoms. The minimum atomic E-state index is -1.79. The topological polar surface area (TPSA) is 46.5 Å². The molecule has 1 aromatic rings. The van der Waals surface area contributed by atoms with Crippen LogP contribution in [0, 0.1) is 20.8 Å². The monoisotopic (exact) mass is 228 g/mol. The van der Waals surface area contributed by atoms with E-state index in [1.54, 1.807) is 7.11 Å². The van der Waals surface area contributed by atoms with E-state index in [-0.39, 0.29) is 5.75 Å². The van der Waals surface area contributed by atoms with Gasteiger partial charge in [0, 0.05) is 0 Å². The summed E-state index contributed by atoms with van der Waals surface area (Å²) in [6.07, 6.45) is 0. The predicted octanol–water partition coefficient (Wildman–Crippen LogP) is 2.34. The third-order valence-corrected chi connectivity index (χ3v) is 3.23. The molecule has 4 heteroatoms. The van der Waals surface area contributed by atoms with Crippen LogP contribution in [0.15, 0.2) is 6.07 Å². The van der Waals surface area contributed by atoms with Crippen molar-refractivity contribution in [3.05, 3.63) is 28.3 Å². The Morgan fingerprint density at radius 3 is 2.40 bits per heavy atom. The van der Waals surface area contributed by atoms with Crippen molar-refractivity contribution in [2.24, 2.45) is 0 Å². The van der Waals surface area contributed by atoms with Crippen molar-refractivity contribution in [1.82, 2.24) is 0 Å². The maximum atomic E-state index is 10.8. The molecule has 0 saturated heterocycles. The van der Waals surface area contributed by atoms with Crippen molar-refractivity contribution in [2.45, 2.75) is 26.5 Å². The molecule has 0 aliphatic rings. The van der Waals surface area contributed by atoms with Crippen LogP contribution in [0.4, 0.5) is 0 Å². The highest BCUT2D eigenvalue weighted by molar-refractivity contribution is 7.78. The molecule has 0 saturated carbocycles. The first kappa shape index (κ1) is 12.2. The van der Waals surface area contributed by atoms with Crippen LogP contribution in [-0.4, -0.2) is 15.9 Å². The number of ether oxygens (including phenoxy) is 1. The minimum Gasteiger partial charge on any atom is -0.496 e. The number of benzene rings is 1. The van der Waals surface area contributed by atoms with E-state index in [9.17, 15) is 4.21 Å². The second-order valence-corrected chi connectivity index (χ2v) is 4.52. The van der Waals surface area contributed by atoms with Crippen molar-refractivity contribution in [1.29, 1.82) is 0 Å². The molecule has 1 rings (SSSR count). The predicted molar refractivity (Wildman–Crippen MR) is 61.7 cm³/mol. The molecule has 0 aliphatic heterocycles. The van der Waals surface area contributed by atoms with Crippen molar-refractivity contribution in [2.75, 3.05) is 7.11 Å². The number of rotatable bonds is 3. The molecular weight excluding hydrogens is 212 g/mol. The highest BCUT2D eigenvalue weighted by Gasteiger charge is 2.12. The molecule has 0 bridgehead atoms. The molecule has 0 aromatic heterocycles. The number of hydrogen-bond acceptors (Lipinski definition) is 2. The van der Waals surface area contributed by atoms with Crippen LogP contribution in [0.25, 0.3) is 0 Å². The first-order valence-electron chi connectivity index (χ1n) is 4.68. The van der Waals surface area contributed by atoms with Gasteiger partial charge in [0.05, 0.1) is 12.9 Å². The Balaban J connectivity index is 3.29. The Bertz CT molecular complexity index is 399. The highest BCUT2D eigenvalue weighted by atomic mass is 32.2. The largest absolute Gasteiger partial charge is 0.496 e. The summed E-state index contributed by atoms with van der Waals surface area (Å²) in [4.78, 5) is 0. The zero-order chi connectivity index (χ0) is 11.6. The van der Waals surface area contributed by atoms with Crippen LogP contribution < -0.4 is 4.74 Å². The van der Waals surface area contributed by atoms with Gasteiger partial charge in [0.2, 0.25) is 0 Å². The van der Waals surface area contributed by atoms with Gasteiger partial charge in [-0.1, -0.05) is 0 Å². The fourth-order valence-corrected chi connectivity index (χ4v) is 2.35. The Hall–Kier alpha value is -0.870. The van der Waals surface area contributed by atoms with Gasteiger partial charge in [-0.2, -0.15) is 0 Å². The van der Waals surface area contributed by atoms with Crippen LogP contribution in [-0.2, 0) is 16.8 Å². The lowest BCUT2D eigenvalue weighted by atomic mass is 9.99. The van der Waals surface area contributed by atoms with E-state index in [1.165, 1.54) is 0 Å². The molecule has 15 heavy (non-hydrogen) atoms. The summed E-state index contributed by atoms with van der Waals surface area (Å²) < 4.78 is 25.0. The van der Waals surface area contributed by atoms with Crippen LogP contribution in [0.2, 0.25) is 0 Å². The zero-order valence-corrected chi connectivity index (χ0v) is 10.3. The van der Waals surface area contributed by atoms with Crippen LogP contribution >= 0.6 is 0 Å². The average molecular weight is 228 g/mol. The molecule has 1 unspecified atom stereocenters. The maximum absolute atomic E-state index is 10.8. The summed E-state index contributed by atoms with van der Waals surface area (Å²) in [7, 11) is 1.63. The van der Waals surface area contributed by atoms with Crippen molar-refractivity contribution in [3.8, 4) is 5.75 Å². The van der Waals surface area contributed by atoms with Crippen LogP contribution in [0.5, 0.6) is 5.75 Å². The first-order valence-corrected chi connectivity index (χ1v) is 5.96. The summed E-state index contributed by atoms with van der Waals surface area (Å²) >= 11 is -1.79. The molecule has 1 atom stereocenters. The number of hydrogen-bond donors (Lipinski definition) is 1. The summed E-state index contributed by atoms with van der Waals surface area (Å²) in [6.45, 7) is 5.83. The molecule has 0 radical (unpaired) electrons. The highest BCUT2D eigenvalue weighted by Crippen LogP contribution is 2.27. The lowest BCUT2D eigenvalue weighted by Gasteiger charge is -2.14. The van der Waals surface area contributed by atoms with Crippen LogP contribution in [0.1, 0.15) is 22.3 Å². The molecule has 84 valence electrons. The van der Waals surface area contributed by atoms with E-state index in [2.05, 4.69) is 0 Å². The van der Waals surface area contributed by atoms with Gasteiger partial charge in [0.25, 0.3) is 0 Å². The summed E-state index contributed by atoms with van der Waals surface area (Å²) in [5, 5.41) is 0. The van der Waals surface area contributed by atoms with Gasteiger partial charge in [-0.05, 0) is 49.1 Å². The number of methoxy groups -OCH3 is 1.